The van der Waals surface area contributed by atoms with Crippen molar-refractivity contribution in [2.45, 2.75) is 31.7 Å². The third-order valence-corrected chi connectivity index (χ3v) is 3.57. The molecular weight excluding hydrogens is 252 g/mol. The van der Waals surface area contributed by atoms with Crippen molar-refractivity contribution in [3.05, 3.63) is 35.4 Å². The number of hydrogen-bond donors (Lipinski definition) is 2. The van der Waals surface area contributed by atoms with E-state index in [2.05, 4.69) is 5.32 Å². The molecule has 1 aromatic rings. The monoisotopic (exact) mass is 269 g/mol. The zero-order chi connectivity index (χ0) is 14.0. The smallest absolute Gasteiger partial charge is 0.224 e. The summed E-state index contributed by atoms with van der Waals surface area (Å²) in [5.41, 5.74) is 0.261. The van der Waals surface area contributed by atoms with Crippen molar-refractivity contribution in [1.82, 2.24) is 5.32 Å². The minimum absolute atomic E-state index is 0.117. The molecule has 19 heavy (non-hydrogen) atoms. The van der Waals surface area contributed by atoms with E-state index < -0.39 is 11.6 Å². The van der Waals surface area contributed by atoms with Crippen LogP contribution in [0.2, 0.25) is 0 Å². The normalized spacial score (nSPS) is 22.9. The predicted molar refractivity (Wildman–Crippen MR) is 66.5 cm³/mol. The van der Waals surface area contributed by atoms with E-state index in [1.807, 2.05) is 6.92 Å². The van der Waals surface area contributed by atoms with E-state index in [-0.39, 0.29) is 36.0 Å². The Bertz CT molecular complexity index is 475. The highest BCUT2D eigenvalue weighted by Crippen LogP contribution is 2.48. The van der Waals surface area contributed by atoms with Gasteiger partial charge in [0.15, 0.2) is 11.6 Å². The molecule has 0 heterocycles. The maximum Gasteiger partial charge on any atom is 0.224 e. The Hall–Kier alpha value is -1.49. The Morgan fingerprint density at radius 3 is 2.89 bits per heavy atom. The number of halogens is 2. The molecule has 2 rings (SSSR count). The first-order chi connectivity index (χ1) is 9.08. The van der Waals surface area contributed by atoms with Crippen LogP contribution in [0.15, 0.2) is 18.2 Å². The number of carbonyl (C=O) groups is 1. The molecule has 0 spiro atoms. The molecule has 3 nitrogen and oxygen atoms in total. The molecule has 1 amide bonds. The van der Waals surface area contributed by atoms with Gasteiger partial charge in [0.1, 0.15) is 0 Å². The van der Waals surface area contributed by atoms with Crippen molar-refractivity contribution in [3.63, 3.8) is 0 Å². The second kappa shape index (κ2) is 5.65. The first-order valence-electron chi connectivity index (χ1n) is 6.43. The molecule has 1 aliphatic carbocycles. The average molecular weight is 269 g/mol. The maximum absolute atomic E-state index is 13.6. The van der Waals surface area contributed by atoms with Crippen LogP contribution < -0.4 is 5.32 Å². The predicted octanol–water partition coefficient (Wildman–Crippen LogP) is 1.96. The molecule has 3 unspecified atom stereocenters. The molecule has 1 aromatic carbocycles. The summed E-state index contributed by atoms with van der Waals surface area (Å²) in [6, 6.07) is 3.75. The molecule has 5 heteroatoms. The third kappa shape index (κ3) is 2.92. The first kappa shape index (κ1) is 13.9. The maximum atomic E-state index is 13.6. The number of benzene rings is 1. The van der Waals surface area contributed by atoms with Crippen molar-refractivity contribution >= 4 is 5.91 Å². The Morgan fingerprint density at radius 2 is 2.26 bits per heavy atom. The topological polar surface area (TPSA) is 49.3 Å². The van der Waals surface area contributed by atoms with E-state index in [0.717, 1.165) is 6.07 Å². The zero-order valence-corrected chi connectivity index (χ0v) is 10.7. The number of hydrogen-bond acceptors (Lipinski definition) is 2. The van der Waals surface area contributed by atoms with Gasteiger partial charge >= 0.3 is 0 Å². The number of nitrogens with one attached hydrogen (secondary N) is 1. The molecule has 104 valence electrons. The fourth-order valence-electron chi connectivity index (χ4n) is 2.22. The summed E-state index contributed by atoms with van der Waals surface area (Å²) in [5, 5.41) is 11.7. The van der Waals surface area contributed by atoms with Crippen LogP contribution in [-0.4, -0.2) is 23.7 Å². The Labute approximate surface area is 110 Å². The summed E-state index contributed by atoms with van der Waals surface area (Å²) in [6.07, 6.45) is 1.15. The Morgan fingerprint density at radius 1 is 1.53 bits per heavy atom. The second-order valence-corrected chi connectivity index (χ2v) is 4.89. The summed E-state index contributed by atoms with van der Waals surface area (Å²) in [4.78, 5) is 11.9. The van der Waals surface area contributed by atoms with E-state index in [0.29, 0.717) is 12.8 Å². The molecule has 3 atom stereocenters. The SMILES string of the molecule is CCC(CO)NC(=O)C1CC1c1cccc(F)c1F. The number of aliphatic hydroxyl groups excluding tert-OH is 1. The molecule has 1 saturated carbocycles. The molecule has 0 saturated heterocycles. The minimum atomic E-state index is -0.884. The van der Waals surface area contributed by atoms with E-state index in [1.54, 1.807) is 0 Å². The summed E-state index contributed by atoms with van der Waals surface area (Å²) in [5.74, 6) is -2.53. The van der Waals surface area contributed by atoms with Gasteiger partial charge in [-0.05, 0) is 30.4 Å². The zero-order valence-electron chi connectivity index (χ0n) is 10.7. The standard InChI is InChI=1S/C14H17F2NO2/c1-2-8(7-18)17-14(19)11-6-10(11)9-4-3-5-12(15)13(9)16/h3-5,8,10-11,18H,2,6-7H2,1H3,(H,17,19). The first-order valence-corrected chi connectivity index (χ1v) is 6.43. The summed E-state index contributed by atoms with van der Waals surface area (Å²) >= 11 is 0. The van der Waals surface area contributed by atoms with E-state index in [1.165, 1.54) is 12.1 Å². The van der Waals surface area contributed by atoms with Crippen LogP contribution in [0.1, 0.15) is 31.2 Å². The fraction of sp³-hybridized carbons (Fsp3) is 0.500. The van der Waals surface area contributed by atoms with E-state index in [4.69, 9.17) is 5.11 Å². The van der Waals surface area contributed by atoms with E-state index >= 15 is 0 Å². The molecule has 0 radical (unpaired) electrons. The molecule has 0 bridgehead atoms. The lowest BCUT2D eigenvalue weighted by atomic mass is 10.1. The lowest BCUT2D eigenvalue weighted by molar-refractivity contribution is -0.123. The van der Waals surface area contributed by atoms with Crippen molar-refractivity contribution in [1.29, 1.82) is 0 Å². The van der Waals surface area contributed by atoms with Crippen LogP contribution in [0.25, 0.3) is 0 Å². The molecule has 1 aliphatic rings. The van der Waals surface area contributed by atoms with Gasteiger partial charge < -0.3 is 10.4 Å². The van der Waals surface area contributed by atoms with Crippen molar-refractivity contribution in [3.8, 4) is 0 Å². The quantitative estimate of drug-likeness (QED) is 0.858. The highest BCUT2D eigenvalue weighted by molar-refractivity contribution is 5.83. The fourth-order valence-corrected chi connectivity index (χ4v) is 2.22. The largest absolute Gasteiger partial charge is 0.394 e. The molecule has 1 fully saturated rings. The van der Waals surface area contributed by atoms with Crippen LogP contribution in [0, 0.1) is 17.6 Å². The van der Waals surface area contributed by atoms with Gasteiger partial charge in [-0.3, -0.25) is 4.79 Å². The van der Waals surface area contributed by atoms with Gasteiger partial charge in [0.05, 0.1) is 12.6 Å². The van der Waals surface area contributed by atoms with Gasteiger partial charge in [0.25, 0.3) is 0 Å². The van der Waals surface area contributed by atoms with Gasteiger partial charge in [-0.25, -0.2) is 8.78 Å². The lowest BCUT2D eigenvalue weighted by Crippen LogP contribution is -2.38. The van der Waals surface area contributed by atoms with Crippen LogP contribution in [0.4, 0.5) is 8.78 Å². The lowest BCUT2D eigenvalue weighted by Gasteiger charge is -2.13. The van der Waals surface area contributed by atoms with Crippen LogP contribution >= 0.6 is 0 Å². The highest BCUT2D eigenvalue weighted by Gasteiger charge is 2.45. The number of amides is 1. The summed E-state index contributed by atoms with van der Waals surface area (Å²) in [6.45, 7) is 1.74. The molecule has 2 N–H and O–H groups in total. The second-order valence-electron chi connectivity index (χ2n) is 4.89. The molecule has 0 aliphatic heterocycles. The van der Waals surface area contributed by atoms with Gasteiger partial charge in [-0.1, -0.05) is 19.1 Å². The summed E-state index contributed by atoms with van der Waals surface area (Å²) < 4.78 is 26.7. The van der Waals surface area contributed by atoms with Gasteiger partial charge in [0, 0.05) is 5.92 Å². The third-order valence-electron chi connectivity index (χ3n) is 3.57. The molecular formula is C14H17F2NO2. The van der Waals surface area contributed by atoms with Gasteiger partial charge in [-0.2, -0.15) is 0 Å². The van der Waals surface area contributed by atoms with E-state index in [9.17, 15) is 13.6 Å². The Kier molecular flexibility index (Phi) is 4.14. The average Bonchev–Trinajstić information content (AvgIpc) is 3.19. The van der Waals surface area contributed by atoms with Crippen LogP contribution in [-0.2, 0) is 4.79 Å². The molecule has 0 aromatic heterocycles. The minimum Gasteiger partial charge on any atom is -0.394 e. The number of aliphatic hydroxyl groups is 1. The number of carbonyl (C=O) groups excluding carboxylic acids is 1. The van der Waals surface area contributed by atoms with Crippen molar-refractivity contribution in [2.24, 2.45) is 5.92 Å². The Balaban J connectivity index is 2.00. The summed E-state index contributed by atoms with van der Waals surface area (Å²) in [7, 11) is 0. The van der Waals surface area contributed by atoms with Gasteiger partial charge in [-0.15, -0.1) is 0 Å². The van der Waals surface area contributed by atoms with Crippen molar-refractivity contribution < 1.29 is 18.7 Å². The van der Waals surface area contributed by atoms with Crippen LogP contribution in [0.5, 0.6) is 0 Å². The highest BCUT2D eigenvalue weighted by atomic mass is 19.2. The number of rotatable bonds is 5. The van der Waals surface area contributed by atoms with Crippen LogP contribution in [0.3, 0.4) is 0 Å². The van der Waals surface area contributed by atoms with Crippen molar-refractivity contribution in [2.75, 3.05) is 6.61 Å². The van der Waals surface area contributed by atoms with Gasteiger partial charge in [0.2, 0.25) is 5.91 Å².